The summed E-state index contributed by atoms with van der Waals surface area (Å²) in [5, 5.41) is 0. The second kappa shape index (κ2) is 8.90. The number of hydrogen-bond donors (Lipinski definition) is 0. The van der Waals surface area contributed by atoms with E-state index in [9.17, 15) is 0 Å². The highest BCUT2D eigenvalue weighted by Gasteiger charge is 2.62. The molecule has 0 bridgehead atoms. The van der Waals surface area contributed by atoms with Crippen molar-refractivity contribution in [2.24, 2.45) is 0 Å². The molecule has 0 aliphatic rings. The molecule has 0 atom stereocenters. The van der Waals surface area contributed by atoms with E-state index in [1.165, 1.54) is 18.0 Å². The minimum Gasteiger partial charge on any atom is -0.119 e. The molecule has 0 amide bonds. The molecule has 10 heteroatoms. The fourth-order valence-electron chi connectivity index (χ4n) is 1.41. The lowest BCUT2D eigenvalue weighted by molar-refractivity contribution is 1.13. The summed E-state index contributed by atoms with van der Waals surface area (Å²) in [5.74, 6) is 0. The normalized spacial score (nSPS) is 13.7. The van der Waals surface area contributed by atoms with Crippen LogP contribution in [-0.2, 0) is 6.42 Å². The van der Waals surface area contributed by atoms with E-state index in [0.29, 0.717) is 0 Å². The highest BCUT2D eigenvalue weighted by atomic mass is 127. The summed E-state index contributed by atoms with van der Waals surface area (Å²) in [5.41, 5.74) is 1.51. The van der Waals surface area contributed by atoms with Crippen molar-refractivity contribution in [2.45, 2.75) is 12.5 Å². The number of rotatable bonds is 5. The Kier molecular flexibility index (Phi) is 10.4. The van der Waals surface area contributed by atoms with Gasteiger partial charge in [0, 0.05) is 0 Å². The number of hydrogen-bond acceptors (Lipinski definition) is 0. The standard InChI is InChI=1S/C8H9I7Si3/c9-16(17(10,11)12,18(13,14)15)7-6-8-4-2-1-3-5-8/h1-5H,6-7H2. The Hall–Kier alpha value is 4.98. The van der Waals surface area contributed by atoms with Gasteiger partial charge in [0.25, 0.3) is 0.163 Å². The summed E-state index contributed by atoms with van der Waals surface area (Å²) >= 11 is 19.8. The highest BCUT2D eigenvalue weighted by molar-refractivity contribution is 14.4. The minimum atomic E-state index is -1.17. The van der Waals surface area contributed by atoms with Crippen LogP contribution in [0.4, 0.5) is 0 Å². The van der Waals surface area contributed by atoms with Crippen LogP contribution < -0.4 is 0 Å². The molecule has 0 aliphatic heterocycles. The molecule has 1 aromatic carbocycles. The van der Waals surface area contributed by atoms with E-state index >= 15 is 0 Å². The van der Waals surface area contributed by atoms with Gasteiger partial charge in [-0.1, -0.05) is 161 Å². The van der Waals surface area contributed by atoms with Gasteiger partial charge in [0.05, 0.1) is 0 Å². The first-order chi connectivity index (χ1) is 8.08. The summed E-state index contributed by atoms with van der Waals surface area (Å²) in [6.07, 6.45) is 1.27. The second-order valence-electron chi connectivity index (χ2n) is 3.78. The molecule has 0 N–H and O–H groups in total. The van der Waals surface area contributed by atoms with Crippen LogP contribution in [0, 0.1) is 0 Å². The monoisotopic (exact) mass is 1080 g/mol. The smallest absolute Gasteiger partial charge is 0.119 e. The van der Waals surface area contributed by atoms with Crippen LogP contribution in [0.1, 0.15) is 5.56 Å². The van der Waals surface area contributed by atoms with Gasteiger partial charge in [-0.15, -0.1) is 21.8 Å². The van der Waals surface area contributed by atoms with Crippen molar-refractivity contribution in [3.05, 3.63) is 35.9 Å². The lowest BCUT2D eigenvalue weighted by Gasteiger charge is -2.37. The maximum Gasteiger partial charge on any atom is 0.253 e. The highest BCUT2D eigenvalue weighted by Crippen LogP contribution is 2.56. The van der Waals surface area contributed by atoms with E-state index in [-0.39, 0.29) is 0 Å². The van der Waals surface area contributed by atoms with Gasteiger partial charge >= 0.3 is 0 Å². The molecule has 0 heterocycles. The summed E-state index contributed by atoms with van der Waals surface area (Å²) in [7, 11) is 0. The molecule has 102 valence electrons. The number of aryl methyl sites for hydroxylation is 1. The Balaban J connectivity index is 2.89. The topological polar surface area (TPSA) is 0 Å². The van der Waals surface area contributed by atoms with Crippen molar-refractivity contribution < 1.29 is 0 Å². The van der Waals surface area contributed by atoms with Crippen molar-refractivity contribution in [1.29, 1.82) is 0 Å². The Bertz CT molecular complexity index is 372. The van der Waals surface area contributed by atoms with Gasteiger partial charge in [-0.2, -0.15) is 0 Å². The van der Waals surface area contributed by atoms with Crippen molar-refractivity contribution in [2.75, 3.05) is 0 Å². The molecule has 0 fully saturated rings. The van der Waals surface area contributed by atoms with E-state index in [4.69, 9.17) is 0 Å². The van der Waals surface area contributed by atoms with E-state index in [1.807, 2.05) is 0 Å². The largest absolute Gasteiger partial charge is 0.253 e. The molecule has 0 aromatic heterocycles. The van der Waals surface area contributed by atoms with Crippen LogP contribution in [0.25, 0.3) is 0 Å². The molecule has 0 saturated heterocycles. The van der Waals surface area contributed by atoms with Gasteiger partial charge < -0.3 is 0 Å². The summed E-state index contributed by atoms with van der Waals surface area (Å²) in [6.45, 7) is 0. The molecule has 18 heavy (non-hydrogen) atoms. The van der Waals surface area contributed by atoms with Crippen LogP contribution in [0.5, 0.6) is 0 Å². The average molecular weight is 1080 g/mol. The summed E-state index contributed by atoms with van der Waals surface area (Å²) in [6, 6.07) is 12.4. The van der Waals surface area contributed by atoms with Crippen molar-refractivity contribution in [1.82, 2.24) is 0 Å². The first kappa shape index (κ1) is 21.0. The predicted molar refractivity (Wildman–Crippen MR) is 150 cm³/mol. The van der Waals surface area contributed by atoms with Gasteiger partial charge in [-0.05, 0) is 18.0 Å². The number of halogens is 7. The van der Waals surface area contributed by atoms with E-state index in [1.54, 1.807) is 0 Å². The van der Waals surface area contributed by atoms with Crippen LogP contribution in [-0.4, -0.2) is 4.77 Å². The lowest BCUT2D eigenvalue weighted by atomic mass is 10.2. The molecule has 0 radical (unpaired) electrons. The molecular weight excluding hydrogens is 1070 g/mol. The van der Waals surface area contributed by atoms with Crippen LogP contribution in [0.2, 0.25) is 6.04 Å². The zero-order valence-electron chi connectivity index (χ0n) is 8.95. The molecule has 0 aliphatic carbocycles. The Morgan fingerprint density at radius 1 is 0.722 bits per heavy atom. The summed E-state index contributed by atoms with van der Waals surface area (Å²) < 4.78 is -3.42. The zero-order valence-corrected chi connectivity index (χ0v) is 27.0. The number of benzene rings is 1. The van der Waals surface area contributed by atoms with Crippen molar-refractivity contribution in [3.63, 3.8) is 0 Å². The van der Waals surface area contributed by atoms with Crippen molar-refractivity contribution in [3.8, 4) is 0 Å². The van der Waals surface area contributed by atoms with Gasteiger partial charge in [0.15, 0.2) is 4.61 Å². The van der Waals surface area contributed by atoms with E-state index < -0.39 is 4.77 Å². The van der Waals surface area contributed by atoms with Gasteiger partial charge in [0.1, 0.15) is 0 Å². The van der Waals surface area contributed by atoms with Crippen molar-refractivity contribution >= 4 is 157 Å². The third-order valence-corrected chi connectivity index (χ3v) is 168. The molecule has 1 aromatic rings. The first-order valence-corrected chi connectivity index (χ1v) is 34.9. The third-order valence-electron chi connectivity index (χ3n) is 2.50. The molecule has 1 rings (SSSR count). The maximum absolute atomic E-state index is 2.93. The predicted octanol–water partition coefficient (Wildman–Crippen LogP) is 7.25. The second-order valence-corrected chi connectivity index (χ2v) is 115. The molecule has 0 nitrogen and oxygen atoms in total. The lowest BCUT2D eigenvalue weighted by Crippen LogP contribution is -2.59. The van der Waals surface area contributed by atoms with Gasteiger partial charge in [-0.3, -0.25) is 0 Å². The Morgan fingerprint density at radius 3 is 1.56 bits per heavy atom. The molecule has 0 saturated carbocycles. The zero-order chi connectivity index (χ0) is 14.0. The molecule has 0 spiro atoms. The summed E-state index contributed by atoms with van der Waals surface area (Å²) in [4.78, 5) is 0. The van der Waals surface area contributed by atoms with Gasteiger partial charge in [0.2, 0.25) is 0 Å². The fraction of sp³-hybridized carbons (Fsp3) is 0.250. The van der Waals surface area contributed by atoms with Crippen LogP contribution >= 0.6 is 153 Å². The maximum atomic E-state index is 2.93. The van der Waals surface area contributed by atoms with E-state index in [2.05, 4.69) is 183 Å². The Labute approximate surface area is 200 Å². The van der Waals surface area contributed by atoms with Gasteiger partial charge in [-0.25, -0.2) is 0 Å². The van der Waals surface area contributed by atoms with Crippen LogP contribution in [0.3, 0.4) is 0 Å². The fourth-order valence-corrected chi connectivity index (χ4v) is 216. The quantitative estimate of drug-likeness (QED) is 0.166. The van der Waals surface area contributed by atoms with E-state index in [0.717, 1.165) is 0 Å². The van der Waals surface area contributed by atoms with Crippen LogP contribution in [0.15, 0.2) is 30.3 Å². The first-order valence-electron chi connectivity index (χ1n) is 4.94. The molecular formula is C8H9I7Si3. The third kappa shape index (κ3) is 6.12. The minimum absolute atomic E-state index is 1.13. The SMILES string of the molecule is I[Si](I)(I)[Si](I)(CCc1ccccc1)[Si](I)(I)I. The molecule has 0 unspecified atom stereocenters. The average Bonchev–Trinajstić information content (AvgIpc) is 2.24. The Morgan fingerprint density at radius 2 is 1.17 bits per heavy atom.